The number of carboxylic acid groups (broad SMARTS) is 1. The van der Waals surface area contributed by atoms with Crippen LogP contribution in [0.5, 0.6) is 0 Å². The first kappa shape index (κ1) is 18.8. The Kier molecular flexibility index (Phi) is 6.02. The van der Waals surface area contributed by atoms with Gasteiger partial charge in [-0.25, -0.2) is 4.79 Å². The van der Waals surface area contributed by atoms with Crippen LogP contribution in [0.4, 0.5) is 10.5 Å². The highest BCUT2D eigenvalue weighted by Crippen LogP contribution is 2.40. The fourth-order valence-corrected chi connectivity index (χ4v) is 3.27. The number of carbonyl (C=O) groups is 2. The van der Waals surface area contributed by atoms with E-state index in [1.807, 2.05) is 23.5 Å². The number of carbonyl (C=O) groups excluding carboxylic acids is 1. The highest BCUT2D eigenvalue weighted by Gasteiger charge is 2.26. The van der Waals surface area contributed by atoms with Crippen LogP contribution < -0.4 is 10.6 Å². The van der Waals surface area contributed by atoms with E-state index in [0.717, 1.165) is 12.0 Å². The fourth-order valence-electron chi connectivity index (χ4n) is 3.27. The molecule has 0 spiro atoms. The predicted molar refractivity (Wildman–Crippen MR) is 100 cm³/mol. The molecule has 25 heavy (non-hydrogen) atoms. The Balaban J connectivity index is 2.08. The minimum absolute atomic E-state index is 0.188. The van der Waals surface area contributed by atoms with Crippen molar-refractivity contribution >= 4 is 23.8 Å². The van der Waals surface area contributed by atoms with Gasteiger partial charge < -0.3 is 15.7 Å². The Labute approximate surface area is 148 Å². The summed E-state index contributed by atoms with van der Waals surface area (Å²) in [5.74, 6) is -0.393. The van der Waals surface area contributed by atoms with E-state index in [2.05, 4.69) is 38.2 Å². The van der Waals surface area contributed by atoms with Crippen LogP contribution >= 0.6 is 0 Å². The van der Waals surface area contributed by atoms with Crippen molar-refractivity contribution in [3.05, 3.63) is 47.1 Å². The molecule has 1 aliphatic carbocycles. The summed E-state index contributed by atoms with van der Waals surface area (Å²) in [4.78, 5) is 22.1. The maximum Gasteiger partial charge on any atom is 0.405 e. The van der Waals surface area contributed by atoms with E-state index in [-0.39, 0.29) is 12.0 Å². The lowest BCUT2D eigenvalue weighted by atomic mass is 9.72. The summed E-state index contributed by atoms with van der Waals surface area (Å²) >= 11 is 0. The molecule has 0 saturated heterocycles. The maximum atomic E-state index is 11.7. The summed E-state index contributed by atoms with van der Waals surface area (Å²) in [6.07, 6.45) is 6.61. The molecular formula is C20H26N2O3. The first-order valence-electron chi connectivity index (χ1n) is 8.53. The van der Waals surface area contributed by atoms with Crippen molar-refractivity contribution in [2.24, 2.45) is 5.41 Å². The van der Waals surface area contributed by atoms with Crippen molar-refractivity contribution < 1.29 is 14.7 Å². The Morgan fingerprint density at radius 3 is 2.72 bits per heavy atom. The third-order valence-electron chi connectivity index (χ3n) is 4.56. The molecule has 2 rings (SSSR count). The second kappa shape index (κ2) is 8.01. The van der Waals surface area contributed by atoms with E-state index in [1.54, 1.807) is 6.07 Å². The molecule has 0 atom stereocenters. The second-order valence-electron chi connectivity index (χ2n) is 7.10. The van der Waals surface area contributed by atoms with E-state index >= 15 is 0 Å². The zero-order valence-corrected chi connectivity index (χ0v) is 15.1. The van der Waals surface area contributed by atoms with E-state index in [9.17, 15) is 9.59 Å². The molecule has 1 aromatic rings. The molecule has 1 aromatic carbocycles. The average molecular weight is 342 g/mol. The molecule has 0 radical (unpaired) electrons. The zero-order chi connectivity index (χ0) is 18.4. The van der Waals surface area contributed by atoms with Crippen LogP contribution in [-0.4, -0.2) is 23.7 Å². The molecular weight excluding hydrogens is 316 g/mol. The topological polar surface area (TPSA) is 78.4 Å². The predicted octanol–water partition coefficient (Wildman–Crippen LogP) is 4.43. The first-order chi connectivity index (χ1) is 11.8. The van der Waals surface area contributed by atoms with Gasteiger partial charge in [-0.05, 0) is 54.9 Å². The highest BCUT2D eigenvalue weighted by molar-refractivity contribution is 5.93. The highest BCUT2D eigenvalue weighted by atomic mass is 16.4. The molecule has 3 N–H and O–H groups in total. The minimum atomic E-state index is -1.22. The van der Waals surface area contributed by atoms with Gasteiger partial charge in [0.25, 0.3) is 0 Å². The van der Waals surface area contributed by atoms with E-state index < -0.39 is 12.0 Å². The number of hydrogen-bond acceptors (Lipinski definition) is 2. The SMILES string of the molecule is CC1=C(C=Cc2cccc(NC(=O)CNC(=O)O)c2)C(C)(C)CCC1. The van der Waals surface area contributed by atoms with Gasteiger partial charge >= 0.3 is 6.09 Å². The molecule has 0 bridgehead atoms. The number of benzene rings is 1. The fraction of sp³-hybridized carbons (Fsp3) is 0.400. The Morgan fingerprint density at radius 1 is 1.28 bits per heavy atom. The van der Waals surface area contributed by atoms with Gasteiger partial charge in [-0.2, -0.15) is 0 Å². The summed E-state index contributed by atoms with van der Waals surface area (Å²) in [6.45, 7) is 6.49. The average Bonchev–Trinajstić information content (AvgIpc) is 2.52. The Morgan fingerprint density at radius 2 is 2.04 bits per heavy atom. The lowest BCUT2D eigenvalue weighted by molar-refractivity contribution is -0.115. The van der Waals surface area contributed by atoms with Gasteiger partial charge in [-0.3, -0.25) is 4.79 Å². The van der Waals surface area contributed by atoms with Crippen LogP contribution in [0.15, 0.2) is 41.5 Å². The number of amides is 2. The smallest absolute Gasteiger partial charge is 0.405 e. The van der Waals surface area contributed by atoms with Crippen molar-refractivity contribution in [2.45, 2.75) is 40.0 Å². The first-order valence-corrected chi connectivity index (χ1v) is 8.53. The molecule has 0 aliphatic heterocycles. The number of nitrogens with one attached hydrogen (secondary N) is 2. The summed E-state index contributed by atoms with van der Waals surface area (Å²) in [5.41, 5.74) is 4.65. The van der Waals surface area contributed by atoms with Crippen LogP contribution in [0.3, 0.4) is 0 Å². The van der Waals surface area contributed by atoms with Crippen LogP contribution in [0.1, 0.15) is 45.6 Å². The van der Waals surface area contributed by atoms with Crippen molar-refractivity contribution in [2.75, 3.05) is 11.9 Å². The van der Waals surface area contributed by atoms with Crippen molar-refractivity contribution in [3.8, 4) is 0 Å². The van der Waals surface area contributed by atoms with Gasteiger partial charge in [-0.15, -0.1) is 0 Å². The van der Waals surface area contributed by atoms with E-state index in [4.69, 9.17) is 5.11 Å². The van der Waals surface area contributed by atoms with Gasteiger partial charge in [0.05, 0.1) is 0 Å². The van der Waals surface area contributed by atoms with Gasteiger partial charge in [0.15, 0.2) is 0 Å². The van der Waals surface area contributed by atoms with Gasteiger partial charge in [0.2, 0.25) is 5.91 Å². The summed E-state index contributed by atoms with van der Waals surface area (Å²) in [5, 5.41) is 13.3. The molecule has 0 fully saturated rings. The molecule has 134 valence electrons. The maximum absolute atomic E-state index is 11.7. The molecule has 2 amide bonds. The molecule has 0 unspecified atom stereocenters. The van der Waals surface area contributed by atoms with E-state index in [1.165, 1.54) is 24.0 Å². The minimum Gasteiger partial charge on any atom is -0.465 e. The molecule has 1 aliphatic rings. The van der Waals surface area contributed by atoms with Crippen molar-refractivity contribution in [1.29, 1.82) is 0 Å². The third kappa shape index (κ3) is 5.48. The van der Waals surface area contributed by atoms with Crippen LogP contribution in [0, 0.1) is 5.41 Å². The number of allylic oxidation sites excluding steroid dienone is 3. The Bertz CT molecular complexity index is 717. The summed E-state index contributed by atoms with van der Waals surface area (Å²) < 4.78 is 0. The standard InChI is InChI=1S/C20H26N2O3/c1-14-6-5-11-20(2,3)17(14)10-9-15-7-4-8-16(12-15)22-18(23)13-21-19(24)25/h4,7-10,12,21H,5-6,11,13H2,1-3H3,(H,22,23)(H,24,25). The normalized spacial score (nSPS) is 16.8. The number of anilines is 1. The van der Waals surface area contributed by atoms with Crippen molar-refractivity contribution in [1.82, 2.24) is 5.32 Å². The van der Waals surface area contributed by atoms with Gasteiger partial charge in [0, 0.05) is 5.69 Å². The molecule has 0 saturated carbocycles. The molecule has 5 heteroatoms. The largest absolute Gasteiger partial charge is 0.465 e. The number of hydrogen-bond donors (Lipinski definition) is 3. The zero-order valence-electron chi connectivity index (χ0n) is 15.1. The van der Waals surface area contributed by atoms with Gasteiger partial charge in [-0.1, -0.05) is 43.7 Å². The lowest BCUT2D eigenvalue weighted by Crippen LogP contribution is -2.31. The third-order valence-corrected chi connectivity index (χ3v) is 4.56. The number of rotatable bonds is 5. The quantitative estimate of drug-likeness (QED) is 0.740. The molecule has 0 aromatic heterocycles. The summed E-state index contributed by atoms with van der Waals surface area (Å²) in [6, 6.07) is 7.51. The van der Waals surface area contributed by atoms with Crippen LogP contribution in [-0.2, 0) is 4.79 Å². The van der Waals surface area contributed by atoms with Crippen molar-refractivity contribution in [3.63, 3.8) is 0 Å². The Hall–Kier alpha value is -2.56. The monoisotopic (exact) mass is 342 g/mol. The van der Waals surface area contributed by atoms with Crippen LogP contribution in [0.25, 0.3) is 6.08 Å². The van der Waals surface area contributed by atoms with E-state index in [0.29, 0.717) is 5.69 Å². The summed E-state index contributed by atoms with van der Waals surface area (Å²) in [7, 11) is 0. The van der Waals surface area contributed by atoms with Gasteiger partial charge in [0.1, 0.15) is 6.54 Å². The molecule has 0 heterocycles. The molecule has 5 nitrogen and oxygen atoms in total. The van der Waals surface area contributed by atoms with Crippen LogP contribution in [0.2, 0.25) is 0 Å². The second-order valence-corrected chi connectivity index (χ2v) is 7.10. The lowest BCUT2D eigenvalue weighted by Gasteiger charge is -2.32.